The van der Waals surface area contributed by atoms with Gasteiger partial charge >= 0.3 is 0 Å². The van der Waals surface area contributed by atoms with Gasteiger partial charge in [-0.05, 0) is 45.0 Å². The van der Waals surface area contributed by atoms with Gasteiger partial charge < -0.3 is 10.6 Å². The van der Waals surface area contributed by atoms with Crippen LogP contribution in [0.1, 0.15) is 38.5 Å². The predicted molar refractivity (Wildman–Crippen MR) is 68.4 cm³/mol. The molecular weight excluding hydrogens is 204 g/mol. The first-order chi connectivity index (χ1) is 7.29. The van der Waals surface area contributed by atoms with Gasteiger partial charge in [-0.25, -0.2) is 0 Å². The van der Waals surface area contributed by atoms with Crippen molar-refractivity contribution in [3.05, 3.63) is 0 Å². The molecule has 88 valence electrons. The molecule has 0 aromatic carbocycles. The van der Waals surface area contributed by atoms with E-state index in [9.17, 15) is 0 Å². The van der Waals surface area contributed by atoms with Crippen molar-refractivity contribution in [3.63, 3.8) is 0 Å². The van der Waals surface area contributed by atoms with Crippen LogP contribution >= 0.6 is 11.8 Å². The van der Waals surface area contributed by atoms with Crippen LogP contribution in [0.2, 0.25) is 0 Å². The molecular formula is C12H24N2S. The Morgan fingerprint density at radius 1 is 1.27 bits per heavy atom. The molecule has 2 fully saturated rings. The molecule has 3 heteroatoms. The number of hydrogen-bond acceptors (Lipinski definition) is 3. The lowest BCUT2D eigenvalue weighted by atomic mass is 9.94. The standard InChI is InChI=1S/C12H24N2S/c1-15-12(10-13)6-8-14(9-7-12)11-4-2-3-5-11/h11H,2-10,13H2,1H3. The molecule has 0 amide bonds. The molecule has 0 atom stereocenters. The minimum Gasteiger partial charge on any atom is -0.329 e. The monoisotopic (exact) mass is 228 g/mol. The van der Waals surface area contributed by atoms with E-state index in [0.29, 0.717) is 4.75 Å². The summed E-state index contributed by atoms with van der Waals surface area (Å²) in [5.41, 5.74) is 5.91. The third-order valence-electron chi connectivity index (χ3n) is 4.36. The second-order valence-electron chi connectivity index (χ2n) is 5.07. The van der Waals surface area contributed by atoms with E-state index < -0.39 is 0 Å². The summed E-state index contributed by atoms with van der Waals surface area (Å²) in [5, 5.41) is 0. The van der Waals surface area contributed by atoms with Crippen LogP contribution < -0.4 is 5.73 Å². The van der Waals surface area contributed by atoms with Gasteiger partial charge in [-0.15, -0.1) is 0 Å². The molecule has 1 aliphatic heterocycles. The third-order valence-corrected chi connectivity index (χ3v) is 5.80. The number of hydrogen-bond donors (Lipinski definition) is 1. The summed E-state index contributed by atoms with van der Waals surface area (Å²) >= 11 is 1.99. The molecule has 0 radical (unpaired) electrons. The highest BCUT2D eigenvalue weighted by atomic mass is 32.2. The zero-order valence-corrected chi connectivity index (χ0v) is 10.7. The average Bonchev–Trinajstić information content (AvgIpc) is 2.83. The fourth-order valence-corrected chi connectivity index (χ4v) is 3.82. The Balaban J connectivity index is 1.85. The molecule has 0 aromatic rings. The summed E-state index contributed by atoms with van der Waals surface area (Å²) in [5.74, 6) is 0. The normalized spacial score (nSPS) is 28.4. The Morgan fingerprint density at radius 2 is 1.87 bits per heavy atom. The molecule has 2 aliphatic rings. The summed E-state index contributed by atoms with van der Waals surface area (Å²) in [6, 6.07) is 0.905. The molecule has 15 heavy (non-hydrogen) atoms. The highest BCUT2D eigenvalue weighted by Gasteiger charge is 2.35. The van der Waals surface area contributed by atoms with E-state index in [4.69, 9.17) is 5.73 Å². The first-order valence-electron chi connectivity index (χ1n) is 6.29. The molecule has 1 saturated carbocycles. The lowest BCUT2D eigenvalue weighted by Gasteiger charge is -2.42. The van der Waals surface area contributed by atoms with Gasteiger partial charge in [-0.2, -0.15) is 11.8 Å². The minimum atomic E-state index is 0.398. The molecule has 0 unspecified atom stereocenters. The average molecular weight is 228 g/mol. The quantitative estimate of drug-likeness (QED) is 0.802. The van der Waals surface area contributed by atoms with E-state index in [2.05, 4.69) is 11.2 Å². The van der Waals surface area contributed by atoms with Crippen LogP contribution in [-0.4, -0.2) is 41.6 Å². The van der Waals surface area contributed by atoms with E-state index in [-0.39, 0.29) is 0 Å². The zero-order chi connectivity index (χ0) is 10.7. The second-order valence-corrected chi connectivity index (χ2v) is 6.34. The zero-order valence-electron chi connectivity index (χ0n) is 9.87. The van der Waals surface area contributed by atoms with Gasteiger partial charge in [-0.1, -0.05) is 12.8 Å². The second kappa shape index (κ2) is 5.07. The maximum Gasteiger partial charge on any atom is 0.0303 e. The number of thioether (sulfide) groups is 1. The van der Waals surface area contributed by atoms with Gasteiger partial charge in [0.15, 0.2) is 0 Å². The number of rotatable bonds is 3. The van der Waals surface area contributed by atoms with E-state index in [1.807, 2.05) is 11.8 Å². The fraction of sp³-hybridized carbons (Fsp3) is 1.00. The van der Waals surface area contributed by atoms with Crippen LogP contribution in [0.5, 0.6) is 0 Å². The Kier molecular flexibility index (Phi) is 3.97. The lowest BCUT2D eigenvalue weighted by Crippen LogP contribution is -2.49. The van der Waals surface area contributed by atoms with Gasteiger partial charge in [0.25, 0.3) is 0 Å². The summed E-state index contributed by atoms with van der Waals surface area (Å²) in [4.78, 5) is 2.72. The predicted octanol–water partition coefficient (Wildman–Crippen LogP) is 2.09. The first-order valence-corrected chi connectivity index (χ1v) is 7.51. The molecule has 0 aromatic heterocycles. The molecule has 2 nitrogen and oxygen atoms in total. The molecule has 0 spiro atoms. The van der Waals surface area contributed by atoms with Crippen molar-refractivity contribution in [1.82, 2.24) is 4.90 Å². The topological polar surface area (TPSA) is 29.3 Å². The maximum absolute atomic E-state index is 5.91. The summed E-state index contributed by atoms with van der Waals surface area (Å²) in [6.07, 6.45) is 10.6. The van der Waals surface area contributed by atoms with Crippen molar-refractivity contribution in [3.8, 4) is 0 Å². The van der Waals surface area contributed by atoms with Crippen molar-refractivity contribution in [2.45, 2.75) is 49.3 Å². The smallest absolute Gasteiger partial charge is 0.0303 e. The van der Waals surface area contributed by atoms with Gasteiger partial charge in [0.2, 0.25) is 0 Å². The lowest BCUT2D eigenvalue weighted by molar-refractivity contribution is 0.147. The van der Waals surface area contributed by atoms with Crippen LogP contribution in [0.4, 0.5) is 0 Å². The summed E-state index contributed by atoms with van der Waals surface area (Å²) < 4.78 is 0.398. The molecule has 1 saturated heterocycles. The van der Waals surface area contributed by atoms with Crippen molar-refractivity contribution in [2.75, 3.05) is 25.9 Å². The minimum absolute atomic E-state index is 0.398. The summed E-state index contributed by atoms with van der Waals surface area (Å²) in [7, 11) is 0. The first kappa shape index (κ1) is 11.7. The van der Waals surface area contributed by atoms with Gasteiger partial charge in [0, 0.05) is 17.3 Å². The summed E-state index contributed by atoms with van der Waals surface area (Å²) in [6.45, 7) is 3.41. The van der Waals surface area contributed by atoms with Gasteiger partial charge in [0.05, 0.1) is 0 Å². The van der Waals surface area contributed by atoms with E-state index in [0.717, 1.165) is 12.6 Å². The van der Waals surface area contributed by atoms with Crippen LogP contribution in [0.15, 0.2) is 0 Å². The number of likely N-dealkylation sites (tertiary alicyclic amines) is 1. The highest BCUT2D eigenvalue weighted by molar-refractivity contribution is 8.00. The SMILES string of the molecule is CSC1(CN)CCN(C2CCCC2)CC1. The van der Waals surface area contributed by atoms with Crippen LogP contribution in [0.3, 0.4) is 0 Å². The third kappa shape index (κ3) is 2.51. The number of nitrogens with zero attached hydrogens (tertiary/aromatic N) is 1. The van der Waals surface area contributed by atoms with E-state index in [1.54, 1.807) is 0 Å². The van der Waals surface area contributed by atoms with Crippen LogP contribution in [-0.2, 0) is 0 Å². The fourth-order valence-electron chi connectivity index (χ4n) is 3.06. The Labute approximate surface area is 98.0 Å². The highest BCUT2D eigenvalue weighted by Crippen LogP contribution is 2.36. The molecule has 2 rings (SSSR count). The molecule has 0 bridgehead atoms. The van der Waals surface area contributed by atoms with Crippen molar-refractivity contribution in [1.29, 1.82) is 0 Å². The van der Waals surface area contributed by atoms with Gasteiger partial charge in [0.1, 0.15) is 0 Å². The van der Waals surface area contributed by atoms with Crippen molar-refractivity contribution >= 4 is 11.8 Å². The van der Waals surface area contributed by atoms with Crippen LogP contribution in [0, 0.1) is 0 Å². The number of nitrogens with two attached hydrogens (primary N) is 1. The van der Waals surface area contributed by atoms with Crippen LogP contribution in [0.25, 0.3) is 0 Å². The Morgan fingerprint density at radius 3 is 2.33 bits per heavy atom. The van der Waals surface area contributed by atoms with Gasteiger partial charge in [-0.3, -0.25) is 0 Å². The largest absolute Gasteiger partial charge is 0.329 e. The van der Waals surface area contributed by atoms with Crippen molar-refractivity contribution < 1.29 is 0 Å². The molecule has 1 heterocycles. The van der Waals surface area contributed by atoms with E-state index in [1.165, 1.54) is 51.6 Å². The molecule has 2 N–H and O–H groups in total. The Hall–Kier alpha value is 0.270. The number of piperidine rings is 1. The Bertz CT molecular complexity index is 188. The van der Waals surface area contributed by atoms with E-state index >= 15 is 0 Å². The maximum atomic E-state index is 5.91. The van der Waals surface area contributed by atoms with Crippen molar-refractivity contribution in [2.24, 2.45) is 5.73 Å². The molecule has 1 aliphatic carbocycles.